The van der Waals surface area contributed by atoms with Crippen molar-refractivity contribution >= 4 is 43.1 Å². The summed E-state index contributed by atoms with van der Waals surface area (Å²) < 4.78 is 1.40. The normalized spacial score (nSPS) is 11.2. The Labute approximate surface area is 112 Å². The molecule has 0 saturated heterocycles. The van der Waals surface area contributed by atoms with Gasteiger partial charge in [-0.15, -0.1) is 11.3 Å². The second kappa shape index (κ2) is 3.97. The summed E-state index contributed by atoms with van der Waals surface area (Å²) in [7, 11) is 0. The van der Waals surface area contributed by atoms with E-state index in [0.717, 1.165) is 4.70 Å². The maximum absolute atomic E-state index is 12.4. The molecule has 18 heavy (non-hydrogen) atoms. The van der Waals surface area contributed by atoms with E-state index in [1.165, 1.54) is 11.3 Å². The Morgan fingerprint density at radius 1 is 1.28 bits per heavy atom. The Morgan fingerprint density at radius 3 is 2.78 bits per heavy atom. The number of halogens is 1. The van der Waals surface area contributed by atoms with E-state index in [-0.39, 0.29) is 11.2 Å². The van der Waals surface area contributed by atoms with Crippen molar-refractivity contribution in [3.05, 3.63) is 51.1 Å². The molecule has 0 aliphatic heterocycles. The molecule has 0 aliphatic rings. The van der Waals surface area contributed by atoms with Crippen molar-refractivity contribution < 1.29 is 5.11 Å². The summed E-state index contributed by atoms with van der Waals surface area (Å²) in [5, 5.41) is 11.5. The molecule has 1 heterocycles. The van der Waals surface area contributed by atoms with Crippen LogP contribution >= 0.6 is 22.9 Å². The first-order valence-corrected chi connectivity index (χ1v) is 6.62. The van der Waals surface area contributed by atoms with Gasteiger partial charge in [0.15, 0.2) is 5.43 Å². The lowest BCUT2D eigenvalue weighted by Crippen LogP contribution is -2.02. The van der Waals surface area contributed by atoms with E-state index in [0.29, 0.717) is 26.1 Å². The molecule has 0 amide bonds. The minimum atomic E-state index is -0.122. The molecule has 0 atom stereocenters. The van der Waals surface area contributed by atoms with Gasteiger partial charge in [-0.2, -0.15) is 0 Å². The number of hydrogen-bond acceptors (Lipinski definition) is 3. The Hall–Kier alpha value is -1.58. The van der Waals surface area contributed by atoms with Gasteiger partial charge in [0.25, 0.3) is 0 Å². The van der Waals surface area contributed by atoms with Gasteiger partial charge in [-0.3, -0.25) is 4.79 Å². The van der Waals surface area contributed by atoms with E-state index in [2.05, 4.69) is 0 Å². The molecule has 0 unspecified atom stereocenters. The van der Waals surface area contributed by atoms with Gasteiger partial charge < -0.3 is 5.11 Å². The van der Waals surface area contributed by atoms with Crippen molar-refractivity contribution in [1.82, 2.24) is 0 Å². The minimum absolute atomic E-state index is 0.111. The third kappa shape index (κ3) is 1.51. The maximum Gasteiger partial charge on any atom is 0.197 e. The number of phenolic OH excluding ortho intramolecular Hbond substituents is 1. The van der Waals surface area contributed by atoms with E-state index in [4.69, 9.17) is 11.6 Å². The molecular formula is C14H9ClO2S. The average Bonchev–Trinajstić information content (AvgIpc) is 2.36. The first-order chi connectivity index (χ1) is 8.59. The van der Waals surface area contributed by atoms with Crippen LogP contribution in [0.25, 0.3) is 20.2 Å². The van der Waals surface area contributed by atoms with Gasteiger partial charge >= 0.3 is 0 Å². The van der Waals surface area contributed by atoms with E-state index in [1.54, 1.807) is 19.1 Å². The average molecular weight is 277 g/mol. The van der Waals surface area contributed by atoms with Gasteiger partial charge in [-0.1, -0.05) is 23.7 Å². The molecule has 2 nitrogen and oxygen atoms in total. The van der Waals surface area contributed by atoms with Crippen LogP contribution in [0.2, 0.25) is 5.02 Å². The lowest BCUT2D eigenvalue weighted by Gasteiger charge is -2.07. The summed E-state index contributed by atoms with van der Waals surface area (Å²) in [5.41, 5.74) is 0.588. The molecule has 0 radical (unpaired) electrons. The van der Waals surface area contributed by atoms with Gasteiger partial charge in [0.05, 0.1) is 15.1 Å². The third-order valence-corrected chi connectivity index (χ3v) is 4.63. The molecule has 3 aromatic rings. The minimum Gasteiger partial charge on any atom is -0.506 e. The standard InChI is InChI=1S/C14H9ClO2S/c1-7-6-9(16)14-11(12(7)15)13(17)8-4-2-3-5-10(8)18-14/h2-6,16H,1H3. The fourth-order valence-corrected chi connectivity index (χ4v) is 3.44. The highest BCUT2D eigenvalue weighted by Crippen LogP contribution is 2.36. The fraction of sp³-hybridized carbons (Fsp3) is 0.0714. The van der Waals surface area contributed by atoms with E-state index in [9.17, 15) is 9.90 Å². The Bertz CT molecular complexity index is 836. The number of phenols is 1. The van der Waals surface area contributed by atoms with Crippen molar-refractivity contribution in [1.29, 1.82) is 0 Å². The van der Waals surface area contributed by atoms with Crippen LogP contribution in [0.15, 0.2) is 35.1 Å². The molecule has 1 N–H and O–H groups in total. The molecule has 0 saturated carbocycles. The van der Waals surface area contributed by atoms with Crippen molar-refractivity contribution in [3.63, 3.8) is 0 Å². The van der Waals surface area contributed by atoms with Crippen molar-refractivity contribution in [3.8, 4) is 5.75 Å². The van der Waals surface area contributed by atoms with Gasteiger partial charge in [-0.25, -0.2) is 0 Å². The Balaban J connectivity index is 2.69. The molecule has 4 heteroatoms. The molecule has 0 aliphatic carbocycles. The summed E-state index contributed by atoms with van der Waals surface area (Å²) in [6.45, 7) is 1.78. The Kier molecular flexibility index (Phi) is 2.54. The topological polar surface area (TPSA) is 37.3 Å². The second-order valence-corrected chi connectivity index (χ2v) is 5.59. The second-order valence-electron chi connectivity index (χ2n) is 4.16. The summed E-state index contributed by atoms with van der Waals surface area (Å²) in [6.07, 6.45) is 0. The van der Waals surface area contributed by atoms with Crippen LogP contribution < -0.4 is 5.43 Å². The van der Waals surface area contributed by atoms with Crippen LogP contribution in [0.4, 0.5) is 0 Å². The van der Waals surface area contributed by atoms with Crippen molar-refractivity contribution in [2.75, 3.05) is 0 Å². The summed E-state index contributed by atoms with van der Waals surface area (Å²) >= 11 is 7.58. The number of hydrogen-bond donors (Lipinski definition) is 1. The Morgan fingerprint density at radius 2 is 2.00 bits per heavy atom. The van der Waals surface area contributed by atoms with Crippen LogP contribution in [-0.4, -0.2) is 5.11 Å². The van der Waals surface area contributed by atoms with Gasteiger partial charge in [-0.05, 0) is 30.7 Å². The van der Waals surface area contributed by atoms with Crippen molar-refractivity contribution in [2.45, 2.75) is 6.92 Å². The SMILES string of the molecule is Cc1cc(O)c2sc3ccccc3c(=O)c2c1Cl. The molecule has 90 valence electrons. The first kappa shape index (κ1) is 11.5. The zero-order valence-corrected chi connectivity index (χ0v) is 11.1. The van der Waals surface area contributed by atoms with E-state index in [1.807, 2.05) is 18.2 Å². The van der Waals surface area contributed by atoms with Crippen molar-refractivity contribution in [2.24, 2.45) is 0 Å². The van der Waals surface area contributed by atoms with E-state index < -0.39 is 0 Å². The lowest BCUT2D eigenvalue weighted by molar-refractivity contribution is 0.482. The van der Waals surface area contributed by atoms with E-state index >= 15 is 0 Å². The highest BCUT2D eigenvalue weighted by atomic mass is 35.5. The zero-order chi connectivity index (χ0) is 12.9. The predicted octanol–water partition coefficient (Wildman–Crippen LogP) is 4.08. The highest BCUT2D eigenvalue weighted by Gasteiger charge is 2.14. The molecular weight excluding hydrogens is 268 g/mol. The summed E-state index contributed by atoms with van der Waals surface area (Å²) in [5.74, 6) is 0.111. The van der Waals surface area contributed by atoms with Crippen LogP contribution in [-0.2, 0) is 0 Å². The highest BCUT2D eigenvalue weighted by molar-refractivity contribution is 7.25. The smallest absolute Gasteiger partial charge is 0.197 e. The van der Waals surface area contributed by atoms with Gasteiger partial charge in [0, 0.05) is 10.1 Å². The largest absolute Gasteiger partial charge is 0.506 e. The van der Waals surface area contributed by atoms with Crippen LogP contribution in [0.1, 0.15) is 5.56 Å². The van der Waals surface area contributed by atoms with Crippen LogP contribution in [0.5, 0.6) is 5.75 Å². The van der Waals surface area contributed by atoms with Gasteiger partial charge in [0.2, 0.25) is 0 Å². The predicted molar refractivity (Wildman–Crippen MR) is 77.0 cm³/mol. The number of aryl methyl sites for hydroxylation is 1. The summed E-state index contributed by atoms with van der Waals surface area (Å²) in [6, 6.07) is 8.94. The number of fused-ring (bicyclic) bond motifs is 2. The van der Waals surface area contributed by atoms with Crippen LogP contribution in [0.3, 0.4) is 0 Å². The number of rotatable bonds is 0. The maximum atomic E-state index is 12.4. The number of benzene rings is 2. The first-order valence-electron chi connectivity index (χ1n) is 5.43. The molecule has 1 aromatic heterocycles. The molecule has 0 fully saturated rings. The monoisotopic (exact) mass is 276 g/mol. The molecule has 2 aromatic carbocycles. The molecule has 3 rings (SSSR count). The van der Waals surface area contributed by atoms with Crippen LogP contribution in [0, 0.1) is 6.92 Å². The lowest BCUT2D eigenvalue weighted by atomic mass is 10.1. The zero-order valence-electron chi connectivity index (χ0n) is 9.53. The fourth-order valence-electron chi connectivity index (χ4n) is 2.05. The number of aromatic hydroxyl groups is 1. The quantitative estimate of drug-likeness (QED) is 0.628. The molecule has 0 spiro atoms. The van der Waals surface area contributed by atoms with Gasteiger partial charge in [0.1, 0.15) is 5.75 Å². The third-order valence-electron chi connectivity index (χ3n) is 2.95. The summed E-state index contributed by atoms with van der Waals surface area (Å²) in [4.78, 5) is 12.4. The molecule has 0 bridgehead atoms.